The van der Waals surface area contributed by atoms with E-state index < -0.39 is 12.0 Å². The van der Waals surface area contributed by atoms with Crippen LogP contribution in [-0.2, 0) is 4.79 Å². The summed E-state index contributed by atoms with van der Waals surface area (Å²) in [6.45, 7) is 2.13. The van der Waals surface area contributed by atoms with Gasteiger partial charge in [0.05, 0.1) is 0 Å². The normalized spacial score (nSPS) is 24.5. The predicted octanol–water partition coefficient (Wildman–Crippen LogP) is 2.07. The highest BCUT2D eigenvalue weighted by molar-refractivity contribution is 7.98. The Morgan fingerprint density at radius 1 is 1.37 bits per heavy atom. The molecule has 1 fully saturated rings. The molecule has 0 aliphatic heterocycles. The molecular weight excluding hydrogens is 264 g/mol. The Bertz CT molecular complexity index is 312. The highest BCUT2D eigenvalue weighted by Crippen LogP contribution is 2.23. The minimum Gasteiger partial charge on any atom is -0.480 e. The molecule has 3 unspecified atom stereocenters. The van der Waals surface area contributed by atoms with Gasteiger partial charge in [-0.05, 0) is 37.2 Å². The molecule has 19 heavy (non-hydrogen) atoms. The molecule has 0 aromatic rings. The zero-order chi connectivity index (χ0) is 14.3. The van der Waals surface area contributed by atoms with Crippen LogP contribution in [-0.4, -0.2) is 41.2 Å². The van der Waals surface area contributed by atoms with Crippen molar-refractivity contribution in [2.75, 3.05) is 12.0 Å². The van der Waals surface area contributed by atoms with Gasteiger partial charge < -0.3 is 15.7 Å². The van der Waals surface area contributed by atoms with Crippen molar-refractivity contribution in [2.24, 2.45) is 5.92 Å². The number of nitrogens with one attached hydrogen (secondary N) is 2. The molecule has 1 saturated carbocycles. The number of carbonyl (C=O) groups excluding carboxylic acids is 1. The number of carbonyl (C=O) groups is 2. The van der Waals surface area contributed by atoms with Crippen molar-refractivity contribution in [1.29, 1.82) is 0 Å². The zero-order valence-corrected chi connectivity index (χ0v) is 12.5. The van der Waals surface area contributed by atoms with Crippen LogP contribution in [0.2, 0.25) is 0 Å². The first-order chi connectivity index (χ1) is 9.04. The molecule has 0 heterocycles. The van der Waals surface area contributed by atoms with E-state index in [0.717, 1.165) is 25.0 Å². The molecule has 0 saturated heterocycles. The molecule has 1 aliphatic rings. The predicted molar refractivity (Wildman–Crippen MR) is 77.5 cm³/mol. The maximum Gasteiger partial charge on any atom is 0.326 e. The van der Waals surface area contributed by atoms with Crippen LogP contribution in [0.4, 0.5) is 4.79 Å². The lowest BCUT2D eigenvalue weighted by Crippen LogP contribution is -2.51. The van der Waals surface area contributed by atoms with Crippen LogP contribution in [0.1, 0.15) is 39.0 Å². The van der Waals surface area contributed by atoms with Gasteiger partial charge in [-0.2, -0.15) is 11.8 Å². The average molecular weight is 288 g/mol. The van der Waals surface area contributed by atoms with Gasteiger partial charge in [-0.15, -0.1) is 0 Å². The molecule has 0 radical (unpaired) electrons. The third kappa shape index (κ3) is 5.72. The summed E-state index contributed by atoms with van der Waals surface area (Å²) in [7, 11) is 0. The Kier molecular flexibility index (Phi) is 7.05. The standard InChI is InChI=1S/C13H24N2O3S/c1-9-5-3-4-6-10(9)14-13(18)15-11(12(16)17)7-8-19-2/h9-11H,3-8H2,1-2H3,(H,16,17)(H2,14,15,18). The summed E-state index contributed by atoms with van der Waals surface area (Å²) in [5.74, 6) is 0.215. The number of aliphatic carboxylic acids is 1. The summed E-state index contributed by atoms with van der Waals surface area (Å²) >= 11 is 1.58. The van der Waals surface area contributed by atoms with Gasteiger partial charge in [0.2, 0.25) is 0 Å². The highest BCUT2D eigenvalue weighted by atomic mass is 32.2. The second-order valence-electron chi connectivity index (χ2n) is 5.16. The van der Waals surface area contributed by atoms with Crippen LogP contribution in [0.5, 0.6) is 0 Å². The molecule has 1 rings (SSSR count). The molecule has 3 N–H and O–H groups in total. The number of hydrogen-bond donors (Lipinski definition) is 3. The molecule has 0 bridgehead atoms. The van der Waals surface area contributed by atoms with Gasteiger partial charge in [-0.25, -0.2) is 9.59 Å². The fourth-order valence-electron chi connectivity index (χ4n) is 2.39. The summed E-state index contributed by atoms with van der Waals surface area (Å²) in [6.07, 6.45) is 6.82. The second kappa shape index (κ2) is 8.30. The van der Waals surface area contributed by atoms with E-state index in [0.29, 0.717) is 12.3 Å². The van der Waals surface area contributed by atoms with Gasteiger partial charge in [0.1, 0.15) is 6.04 Å². The Hall–Kier alpha value is -0.910. The first-order valence-corrected chi connectivity index (χ1v) is 8.22. The van der Waals surface area contributed by atoms with E-state index in [1.807, 2.05) is 6.26 Å². The first kappa shape index (κ1) is 16.1. The maximum absolute atomic E-state index is 11.8. The van der Waals surface area contributed by atoms with Crippen LogP contribution in [0, 0.1) is 5.92 Å². The Labute approximate surface area is 118 Å². The molecule has 1 aliphatic carbocycles. The number of carboxylic acid groups (broad SMARTS) is 1. The number of thioether (sulfide) groups is 1. The van der Waals surface area contributed by atoms with E-state index >= 15 is 0 Å². The SMILES string of the molecule is CSCCC(NC(=O)NC1CCCCC1C)C(=O)O. The number of urea groups is 1. The molecule has 6 heteroatoms. The zero-order valence-electron chi connectivity index (χ0n) is 11.6. The highest BCUT2D eigenvalue weighted by Gasteiger charge is 2.25. The minimum absolute atomic E-state index is 0.170. The summed E-state index contributed by atoms with van der Waals surface area (Å²) in [6, 6.07) is -0.984. The van der Waals surface area contributed by atoms with Crippen molar-refractivity contribution in [1.82, 2.24) is 10.6 Å². The number of rotatable bonds is 6. The Balaban J connectivity index is 2.40. The van der Waals surface area contributed by atoms with Crippen molar-refractivity contribution in [3.8, 4) is 0 Å². The van der Waals surface area contributed by atoms with Crippen molar-refractivity contribution in [3.05, 3.63) is 0 Å². The third-order valence-corrected chi connectivity index (χ3v) is 4.29. The van der Waals surface area contributed by atoms with Crippen LogP contribution in [0.25, 0.3) is 0 Å². The molecule has 0 aromatic carbocycles. The van der Waals surface area contributed by atoms with E-state index in [9.17, 15) is 9.59 Å². The first-order valence-electron chi connectivity index (χ1n) is 6.83. The fourth-order valence-corrected chi connectivity index (χ4v) is 2.86. The number of hydrogen-bond acceptors (Lipinski definition) is 3. The fraction of sp³-hybridized carbons (Fsp3) is 0.846. The van der Waals surface area contributed by atoms with Crippen molar-refractivity contribution in [2.45, 2.75) is 51.1 Å². The smallest absolute Gasteiger partial charge is 0.326 e. The Morgan fingerprint density at radius 2 is 2.05 bits per heavy atom. The van der Waals surface area contributed by atoms with Gasteiger partial charge in [0.15, 0.2) is 0 Å². The van der Waals surface area contributed by atoms with E-state index in [4.69, 9.17) is 5.11 Å². The van der Waals surface area contributed by atoms with Crippen LogP contribution >= 0.6 is 11.8 Å². The van der Waals surface area contributed by atoms with Gasteiger partial charge in [0, 0.05) is 6.04 Å². The lowest BCUT2D eigenvalue weighted by Gasteiger charge is -2.30. The van der Waals surface area contributed by atoms with Gasteiger partial charge in [-0.3, -0.25) is 0 Å². The molecule has 0 spiro atoms. The summed E-state index contributed by atoms with van der Waals surface area (Å²) < 4.78 is 0. The monoisotopic (exact) mass is 288 g/mol. The molecular formula is C13H24N2O3S. The lowest BCUT2D eigenvalue weighted by molar-refractivity contribution is -0.139. The quantitative estimate of drug-likeness (QED) is 0.699. The largest absolute Gasteiger partial charge is 0.480 e. The topological polar surface area (TPSA) is 78.4 Å². The van der Waals surface area contributed by atoms with Crippen molar-refractivity contribution < 1.29 is 14.7 Å². The molecule has 2 amide bonds. The van der Waals surface area contributed by atoms with E-state index in [1.54, 1.807) is 11.8 Å². The summed E-state index contributed by atoms with van der Waals surface area (Å²) in [5.41, 5.74) is 0. The summed E-state index contributed by atoms with van der Waals surface area (Å²) in [4.78, 5) is 22.9. The van der Waals surface area contributed by atoms with Crippen LogP contribution in [0.15, 0.2) is 0 Å². The van der Waals surface area contributed by atoms with Gasteiger partial charge in [-0.1, -0.05) is 19.8 Å². The van der Waals surface area contributed by atoms with E-state index in [2.05, 4.69) is 17.6 Å². The average Bonchev–Trinajstić information content (AvgIpc) is 2.37. The molecule has 0 aromatic heterocycles. The Morgan fingerprint density at radius 3 is 2.63 bits per heavy atom. The van der Waals surface area contributed by atoms with E-state index in [1.165, 1.54) is 6.42 Å². The molecule has 110 valence electrons. The van der Waals surface area contributed by atoms with E-state index in [-0.39, 0.29) is 12.1 Å². The minimum atomic E-state index is -0.971. The van der Waals surface area contributed by atoms with Gasteiger partial charge >= 0.3 is 12.0 Å². The summed E-state index contributed by atoms with van der Waals surface area (Å²) in [5, 5.41) is 14.5. The molecule has 3 atom stereocenters. The maximum atomic E-state index is 11.8. The second-order valence-corrected chi connectivity index (χ2v) is 6.14. The third-order valence-electron chi connectivity index (χ3n) is 3.64. The molecule has 5 nitrogen and oxygen atoms in total. The van der Waals surface area contributed by atoms with Crippen molar-refractivity contribution in [3.63, 3.8) is 0 Å². The van der Waals surface area contributed by atoms with Gasteiger partial charge in [0.25, 0.3) is 0 Å². The van der Waals surface area contributed by atoms with Crippen LogP contribution < -0.4 is 10.6 Å². The number of amides is 2. The van der Waals surface area contributed by atoms with Crippen molar-refractivity contribution >= 4 is 23.8 Å². The van der Waals surface area contributed by atoms with Crippen LogP contribution in [0.3, 0.4) is 0 Å². The lowest BCUT2D eigenvalue weighted by atomic mass is 9.86. The number of carboxylic acids is 1.